The summed E-state index contributed by atoms with van der Waals surface area (Å²) in [6, 6.07) is 0.437. The van der Waals surface area contributed by atoms with Crippen LogP contribution < -0.4 is 5.32 Å². The van der Waals surface area contributed by atoms with Crippen molar-refractivity contribution in [3.05, 3.63) is 11.5 Å². The molecule has 7 heteroatoms. The summed E-state index contributed by atoms with van der Waals surface area (Å²) >= 11 is 5.94. The number of hydrogen-bond donors (Lipinski definition) is 2. The number of rotatable bonds is 4. The van der Waals surface area contributed by atoms with Crippen molar-refractivity contribution >= 4 is 28.5 Å². The second-order valence-corrected chi connectivity index (χ2v) is 5.57. The Morgan fingerprint density at radius 3 is 2.95 bits per heavy atom. The lowest BCUT2D eigenvalue weighted by Crippen LogP contribution is -2.39. The number of aromatic amines is 1. The van der Waals surface area contributed by atoms with Gasteiger partial charge >= 0.3 is 0 Å². The van der Waals surface area contributed by atoms with Crippen molar-refractivity contribution < 1.29 is 0 Å². The molecule has 2 N–H and O–H groups in total. The Morgan fingerprint density at radius 2 is 2.20 bits per heavy atom. The summed E-state index contributed by atoms with van der Waals surface area (Å²) in [6.45, 7) is 5.69. The summed E-state index contributed by atoms with van der Waals surface area (Å²) in [5, 5.41) is 11.5. The van der Waals surface area contributed by atoms with E-state index in [9.17, 15) is 0 Å². The van der Waals surface area contributed by atoms with E-state index in [1.807, 2.05) is 0 Å². The predicted molar refractivity (Wildman–Crippen MR) is 80.1 cm³/mol. The Labute approximate surface area is 122 Å². The molecule has 0 atom stereocenters. The Bertz CT molecular complexity index is 575. The van der Waals surface area contributed by atoms with Gasteiger partial charge < -0.3 is 10.2 Å². The fourth-order valence-electron chi connectivity index (χ4n) is 2.73. The van der Waals surface area contributed by atoms with Crippen molar-refractivity contribution in [3.63, 3.8) is 0 Å². The second-order valence-electron chi connectivity index (χ2n) is 5.23. The quantitative estimate of drug-likeness (QED) is 0.847. The molecule has 108 valence electrons. The van der Waals surface area contributed by atoms with E-state index >= 15 is 0 Å². The van der Waals surface area contributed by atoms with E-state index in [2.05, 4.69) is 37.3 Å². The molecule has 2 aromatic rings. The SMILES string of the molecule is CCCN1CCC(Nc2nc(Cl)nc3[nH]ncc23)CC1. The summed E-state index contributed by atoms with van der Waals surface area (Å²) in [4.78, 5) is 10.9. The molecule has 20 heavy (non-hydrogen) atoms. The summed E-state index contributed by atoms with van der Waals surface area (Å²) in [5.41, 5.74) is 0.677. The number of hydrogen-bond acceptors (Lipinski definition) is 5. The number of likely N-dealkylation sites (tertiary alicyclic amines) is 1. The van der Waals surface area contributed by atoms with Crippen LogP contribution in [-0.2, 0) is 0 Å². The largest absolute Gasteiger partial charge is 0.366 e. The number of halogens is 1. The maximum atomic E-state index is 5.94. The minimum atomic E-state index is 0.243. The predicted octanol–water partition coefficient (Wildman–Crippen LogP) is 2.29. The van der Waals surface area contributed by atoms with E-state index in [0.29, 0.717) is 11.7 Å². The highest BCUT2D eigenvalue weighted by Crippen LogP contribution is 2.23. The summed E-state index contributed by atoms with van der Waals surface area (Å²) in [7, 11) is 0. The number of nitrogens with zero attached hydrogens (tertiary/aromatic N) is 4. The Morgan fingerprint density at radius 1 is 1.40 bits per heavy atom. The van der Waals surface area contributed by atoms with Gasteiger partial charge in [0.15, 0.2) is 5.65 Å². The molecule has 1 saturated heterocycles. The first-order chi connectivity index (χ1) is 9.76. The van der Waals surface area contributed by atoms with Gasteiger partial charge in [0.25, 0.3) is 0 Å². The van der Waals surface area contributed by atoms with Crippen LogP contribution in [0.4, 0.5) is 5.82 Å². The van der Waals surface area contributed by atoms with Gasteiger partial charge in [-0.05, 0) is 37.4 Å². The molecule has 0 aliphatic carbocycles. The lowest BCUT2D eigenvalue weighted by Gasteiger charge is -2.32. The number of H-pyrrole nitrogens is 1. The molecule has 0 spiro atoms. The number of aromatic nitrogens is 4. The molecular weight excluding hydrogens is 276 g/mol. The van der Waals surface area contributed by atoms with Gasteiger partial charge in [-0.1, -0.05) is 6.92 Å². The van der Waals surface area contributed by atoms with Crippen LogP contribution in [0.1, 0.15) is 26.2 Å². The first-order valence-corrected chi connectivity index (χ1v) is 7.49. The molecule has 0 unspecified atom stereocenters. The highest BCUT2D eigenvalue weighted by Gasteiger charge is 2.20. The summed E-state index contributed by atoms with van der Waals surface area (Å²) < 4.78 is 0. The summed E-state index contributed by atoms with van der Waals surface area (Å²) in [6.07, 6.45) is 5.21. The van der Waals surface area contributed by atoms with Gasteiger partial charge in [0.2, 0.25) is 5.28 Å². The van der Waals surface area contributed by atoms with Gasteiger partial charge in [-0.15, -0.1) is 0 Å². The highest BCUT2D eigenvalue weighted by atomic mass is 35.5. The lowest BCUT2D eigenvalue weighted by atomic mass is 10.0. The molecule has 3 rings (SSSR count). The molecule has 0 amide bonds. The zero-order valence-corrected chi connectivity index (χ0v) is 12.3. The monoisotopic (exact) mass is 294 g/mol. The average Bonchev–Trinajstić information content (AvgIpc) is 2.89. The van der Waals surface area contributed by atoms with Gasteiger partial charge in [-0.3, -0.25) is 5.10 Å². The maximum Gasteiger partial charge on any atom is 0.226 e. The first-order valence-electron chi connectivity index (χ1n) is 7.11. The molecule has 3 heterocycles. The molecule has 2 aromatic heterocycles. The van der Waals surface area contributed by atoms with Gasteiger partial charge in [-0.25, -0.2) is 0 Å². The van der Waals surface area contributed by atoms with Crippen LogP contribution in [0.15, 0.2) is 6.20 Å². The van der Waals surface area contributed by atoms with Crippen LogP contribution in [0, 0.1) is 0 Å². The van der Waals surface area contributed by atoms with Gasteiger partial charge in [-0.2, -0.15) is 15.1 Å². The molecule has 6 nitrogen and oxygen atoms in total. The molecule has 0 radical (unpaired) electrons. The molecular formula is C13H19ClN6. The van der Waals surface area contributed by atoms with E-state index in [1.54, 1.807) is 6.20 Å². The zero-order chi connectivity index (χ0) is 13.9. The molecule has 1 aliphatic rings. The lowest BCUT2D eigenvalue weighted by molar-refractivity contribution is 0.219. The van der Waals surface area contributed by atoms with Crippen molar-refractivity contribution in [2.24, 2.45) is 0 Å². The van der Waals surface area contributed by atoms with Crippen LogP contribution in [-0.4, -0.2) is 50.7 Å². The zero-order valence-electron chi connectivity index (χ0n) is 11.6. The van der Waals surface area contributed by atoms with E-state index in [1.165, 1.54) is 13.0 Å². The van der Waals surface area contributed by atoms with E-state index in [4.69, 9.17) is 11.6 Å². The third-order valence-electron chi connectivity index (χ3n) is 3.75. The number of piperidine rings is 1. The smallest absolute Gasteiger partial charge is 0.226 e. The van der Waals surface area contributed by atoms with Crippen LogP contribution >= 0.6 is 11.6 Å². The van der Waals surface area contributed by atoms with Gasteiger partial charge in [0.05, 0.1) is 11.6 Å². The van der Waals surface area contributed by atoms with Crippen LogP contribution in [0.5, 0.6) is 0 Å². The standard InChI is InChI=1S/C13H19ClN6/c1-2-5-20-6-3-9(4-7-20)16-11-10-8-15-19-12(10)18-13(14)17-11/h8-9H,2-7H2,1H3,(H2,15,16,17,18,19). The molecule has 0 aromatic carbocycles. The summed E-state index contributed by atoms with van der Waals surface area (Å²) in [5.74, 6) is 0.780. The van der Waals surface area contributed by atoms with Crippen molar-refractivity contribution in [1.82, 2.24) is 25.1 Å². The van der Waals surface area contributed by atoms with Crippen LogP contribution in [0.3, 0.4) is 0 Å². The van der Waals surface area contributed by atoms with E-state index < -0.39 is 0 Å². The third-order valence-corrected chi connectivity index (χ3v) is 3.92. The molecule has 0 saturated carbocycles. The Kier molecular flexibility index (Phi) is 4.03. The first kappa shape index (κ1) is 13.6. The van der Waals surface area contributed by atoms with E-state index in [0.717, 1.165) is 37.1 Å². The normalized spacial score (nSPS) is 17.7. The Balaban J connectivity index is 1.69. The Hall–Kier alpha value is -1.40. The third kappa shape index (κ3) is 2.86. The second kappa shape index (κ2) is 5.93. The molecule has 0 bridgehead atoms. The maximum absolute atomic E-state index is 5.94. The number of fused-ring (bicyclic) bond motifs is 1. The van der Waals surface area contributed by atoms with Gasteiger partial charge in [0.1, 0.15) is 5.82 Å². The fraction of sp³-hybridized carbons (Fsp3) is 0.615. The van der Waals surface area contributed by atoms with Crippen LogP contribution in [0.25, 0.3) is 11.0 Å². The van der Waals surface area contributed by atoms with E-state index in [-0.39, 0.29) is 5.28 Å². The fourth-order valence-corrected chi connectivity index (χ4v) is 2.90. The highest BCUT2D eigenvalue weighted by molar-refractivity contribution is 6.28. The number of anilines is 1. The van der Waals surface area contributed by atoms with Crippen molar-refractivity contribution in [1.29, 1.82) is 0 Å². The van der Waals surface area contributed by atoms with Gasteiger partial charge in [0, 0.05) is 19.1 Å². The van der Waals surface area contributed by atoms with Crippen molar-refractivity contribution in [2.75, 3.05) is 25.0 Å². The molecule has 1 aliphatic heterocycles. The minimum Gasteiger partial charge on any atom is -0.366 e. The minimum absolute atomic E-state index is 0.243. The topological polar surface area (TPSA) is 69.7 Å². The van der Waals surface area contributed by atoms with Crippen molar-refractivity contribution in [3.8, 4) is 0 Å². The van der Waals surface area contributed by atoms with Crippen LogP contribution in [0.2, 0.25) is 5.28 Å². The number of nitrogens with one attached hydrogen (secondary N) is 2. The van der Waals surface area contributed by atoms with Crippen molar-refractivity contribution in [2.45, 2.75) is 32.2 Å². The average molecular weight is 295 g/mol. The molecule has 1 fully saturated rings.